The van der Waals surface area contributed by atoms with Crippen molar-refractivity contribution >= 4 is 29.1 Å². The van der Waals surface area contributed by atoms with Gasteiger partial charge in [-0.1, -0.05) is 23.7 Å². The first-order chi connectivity index (χ1) is 16.4. The summed E-state index contributed by atoms with van der Waals surface area (Å²) in [7, 11) is 0. The number of carbonyl (C=O) groups is 1. The molecule has 2 heterocycles. The molecule has 34 heavy (non-hydrogen) atoms. The van der Waals surface area contributed by atoms with E-state index >= 15 is 0 Å². The van der Waals surface area contributed by atoms with E-state index in [0.29, 0.717) is 33.6 Å². The summed E-state index contributed by atoms with van der Waals surface area (Å²) in [4.78, 5) is 26.2. The maximum atomic E-state index is 12.9. The third-order valence-corrected chi connectivity index (χ3v) is 5.12. The molecule has 0 bridgehead atoms. The Bertz CT molecular complexity index is 1280. The van der Waals surface area contributed by atoms with Gasteiger partial charge in [0.05, 0.1) is 17.8 Å². The van der Waals surface area contributed by atoms with Crippen molar-refractivity contribution in [3.63, 3.8) is 0 Å². The van der Waals surface area contributed by atoms with E-state index in [1.807, 2.05) is 30.8 Å². The van der Waals surface area contributed by atoms with Crippen molar-refractivity contribution in [2.45, 2.75) is 26.5 Å². The fourth-order valence-corrected chi connectivity index (χ4v) is 3.21. The molecule has 0 radical (unpaired) electrons. The Morgan fingerprint density at radius 2 is 1.85 bits per heavy atom. The zero-order chi connectivity index (χ0) is 24.1. The maximum absolute atomic E-state index is 12.9. The van der Waals surface area contributed by atoms with Gasteiger partial charge < -0.3 is 5.32 Å². The summed E-state index contributed by atoms with van der Waals surface area (Å²) < 4.78 is 14.8. The van der Waals surface area contributed by atoms with E-state index in [4.69, 9.17) is 16.4 Å². The average molecular weight is 481 g/mol. The van der Waals surface area contributed by atoms with Gasteiger partial charge in [0.1, 0.15) is 17.2 Å². The molecule has 0 saturated heterocycles. The van der Waals surface area contributed by atoms with Crippen molar-refractivity contribution in [3.8, 4) is 11.4 Å². The van der Waals surface area contributed by atoms with Crippen LogP contribution < -0.4 is 10.8 Å². The quantitative estimate of drug-likeness (QED) is 0.331. The molecule has 0 fully saturated rings. The second-order valence-electron chi connectivity index (χ2n) is 7.71. The van der Waals surface area contributed by atoms with E-state index < -0.39 is 5.91 Å². The number of amides is 1. The summed E-state index contributed by atoms with van der Waals surface area (Å²) in [6, 6.07) is 14.6. The smallest absolute Gasteiger partial charge is 0.274 e. The Morgan fingerprint density at radius 3 is 2.53 bits per heavy atom. The van der Waals surface area contributed by atoms with Gasteiger partial charge in [0, 0.05) is 23.5 Å². The maximum Gasteiger partial charge on any atom is 0.274 e. The van der Waals surface area contributed by atoms with E-state index in [2.05, 4.69) is 25.9 Å². The molecular formula is C24H22ClFN6O2. The van der Waals surface area contributed by atoms with Gasteiger partial charge in [0.2, 0.25) is 5.95 Å². The molecule has 10 heteroatoms. The predicted octanol–water partition coefficient (Wildman–Crippen LogP) is 5.32. The van der Waals surface area contributed by atoms with Crippen LogP contribution in [0.1, 0.15) is 35.8 Å². The minimum Gasteiger partial charge on any atom is -0.324 e. The number of hydroxylamine groups is 1. The summed E-state index contributed by atoms with van der Waals surface area (Å²) in [5.41, 5.74) is 5.37. The van der Waals surface area contributed by atoms with Crippen LogP contribution in [0.4, 0.5) is 16.0 Å². The van der Waals surface area contributed by atoms with Gasteiger partial charge in [-0.15, -0.1) is 0 Å². The van der Waals surface area contributed by atoms with Gasteiger partial charge >= 0.3 is 0 Å². The third kappa shape index (κ3) is 5.75. The molecule has 174 valence electrons. The number of rotatable bonds is 8. The fourth-order valence-electron chi connectivity index (χ4n) is 3.02. The molecule has 0 unspecified atom stereocenters. The molecule has 0 saturated carbocycles. The molecule has 4 aromatic rings. The predicted molar refractivity (Wildman–Crippen MR) is 127 cm³/mol. The Labute approximate surface area is 200 Å². The number of aromatic nitrogens is 4. The van der Waals surface area contributed by atoms with Gasteiger partial charge in [-0.05, 0) is 61.9 Å². The summed E-state index contributed by atoms with van der Waals surface area (Å²) in [6.07, 6.45) is 3.39. The first kappa shape index (κ1) is 23.3. The van der Waals surface area contributed by atoms with E-state index in [1.165, 1.54) is 18.3 Å². The second kappa shape index (κ2) is 10.4. The highest BCUT2D eigenvalue weighted by Crippen LogP contribution is 2.26. The van der Waals surface area contributed by atoms with Crippen LogP contribution in [-0.2, 0) is 11.4 Å². The minimum absolute atomic E-state index is 0.122. The lowest BCUT2D eigenvalue weighted by atomic mass is 10.2. The summed E-state index contributed by atoms with van der Waals surface area (Å²) in [6.45, 7) is 4.19. The number of carbonyl (C=O) groups excluding carboxylic acids is 1. The zero-order valence-electron chi connectivity index (χ0n) is 18.5. The highest BCUT2D eigenvalue weighted by molar-refractivity contribution is 6.32. The van der Waals surface area contributed by atoms with Gasteiger partial charge in [0.25, 0.3) is 5.91 Å². The van der Waals surface area contributed by atoms with Crippen LogP contribution in [-0.4, -0.2) is 25.7 Å². The Hall–Kier alpha value is -3.82. The molecule has 0 aliphatic heterocycles. The zero-order valence-corrected chi connectivity index (χ0v) is 19.3. The Balaban J connectivity index is 1.37. The summed E-state index contributed by atoms with van der Waals surface area (Å²) >= 11 is 6.29. The SMILES string of the molecule is CC(C)n1ccc(-c2nc(Nc3ccc(C(=O)NOCc4ccc(F)cc4)cc3)ncc2Cl)n1. The summed E-state index contributed by atoms with van der Waals surface area (Å²) in [5.74, 6) is -0.388. The van der Waals surface area contributed by atoms with Crippen molar-refractivity contribution in [1.82, 2.24) is 25.2 Å². The fraction of sp³-hybridized carbons (Fsp3) is 0.167. The minimum atomic E-state index is -0.403. The van der Waals surface area contributed by atoms with Crippen LogP contribution in [0, 0.1) is 5.82 Å². The highest BCUT2D eigenvalue weighted by atomic mass is 35.5. The first-order valence-electron chi connectivity index (χ1n) is 10.5. The van der Waals surface area contributed by atoms with Crippen LogP contribution in [0.15, 0.2) is 67.0 Å². The molecule has 2 aromatic carbocycles. The standard InChI is InChI=1S/C24H22ClFN6O2/c1-15(2)32-12-11-21(30-32)22-20(25)13-27-24(29-22)28-19-9-5-17(6-10-19)23(33)31-34-14-16-3-7-18(26)8-4-16/h3-13,15H,14H2,1-2H3,(H,31,33)(H,27,28,29). The van der Waals surface area contributed by atoms with Crippen molar-refractivity contribution in [1.29, 1.82) is 0 Å². The van der Waals surface area contributed by atoms with Crippen molar-refractivity contribution < 1.29 is 14.0 Å². The molecule has 0 spiro atoms. The van der Waals surface area contributed by atoms with E-state index in [0.717, 1.165) is 5.56 Å². The normalized spacial score (nSPS) is 11.0. The van der Waals surface area contributed by atoms with E-state index in [1.54, 1.807) is 36.4 Å². The monoisotopic (exact) mass is 480 g/mol. The Kier molecular flexibility index (Phi) is 7.15. The molecule has 2 N–H and O–H groups in total. The number of nitrogens with one attached hydrogen (secondary N) is 2. The molecule has 8 nitrogen and oxygen atoms in total. The number of halogens is 2. The molecule has 1 amide bonds. The molecule has 2 aromatic heterocycles. The Morgan fingerprint density at radius 1 is 1.12 bits per heavy atom. The van der Waals surface area contributed by atoms with E-state index in [-0.39, 0.29) is 18.5 Å². The van der Waals surface area contributed by atoms with Gasteiger partial charge in [-0.25, -0.2) is 19.8 Å². The lowest BCUT2D eigenvalue weighted by molar-refractivity contribution is 0.0233. The van der Waals surface area contributed by atoms with Gasteiger partial charge in [-0.2, -0.15) is 5.10 Å². The number of benzene rings is 2. The highest BCUT2D eigenvalue weighted by Gasteiger charge is 2.13. The van der Waals surface area contributed by atoms with Gasteiger partial charge in [0.15, 0.2) is 0 Å². The second-order valence-corrected chi connectivity index (χ2v) is 8.12. The molecule has 4 rings (SSSR count). The topological polar surface area (TPSA) is 94.0 Å². The average Bonchev–Trinajstić information content (AvgIpc) is 3.32. The van der Waals surface area contributed by atoms with Crippen LogP contribution in [0.3, 0.4) is 0 Å². The third-order valence-electron chi connectivity index (χ3n) is 4.84. The molecule has 0 atom stereocenters. The largest absolute Gasteiger partial charge is 0.324 e. The molecular weight excluding hydrogens is 459 g/mol. The van der Waals surface area contributed by atoms with E-state index in [9.17, 15) is 9.18 Å². The van der Waals surface area contributed by atoms with Crippen molar-refractivity contribution in [3.05, 3.63) is 89.0 Å². The lowest BCUT2D eigenvalue weighted by Gasteiger charge is -2.09. The summed E-state index contributed by atoms with van der Waals surface area (Å²) in [5, 5.41) is 8.00. The van der Waals surface area contributed by atoms with Crippen molar-refractivity contribution in [2.75, 3.05) is 5.32 Å². The van der Waals surface area contributed by atoms with Crippen LogP contribution in [0.5, 0.6) is 0 Å². The number of nitrogens with zero attached hydrogens (tertiary/aromatic N) is 4. The van der Waals surface area contributed by atoms with Crippen LogP contribution in [0.2, 0.25) is 5.02 Å². The number of anilines is 2. The van der Waals surface area contributed by atoms with Gasteiger partial charge in [-0.3, -0.25) is 14.3 Å². The number of hydrogen-bond donors (Lipinski definition) is 2. The first-order valence-corrected chi connectivity index (χ1v) is 10.9. The lowest BCUT2D eigenvalue weighted by Crippen LogP contribution is -2.23. The molecule has 0 aliphatic rings. The number of hydrogen-bond acceptors (Lipinski definition) is 6. The van der Waals surface area contributed by atoms with Crippen LogP contribution >= 0.6 is 11.6 Å². The van der Waals surface area contributed by atoms with Crippen LogP contribution in [0.25, 0.3) is 11.4 Å². The molecule has 0 aliphatic carbocycles. The van der Waals surface area contributed by atoms with Crippen molar-refractivity contribution in [2.24, 2.45) is 0 Å².